The number of nitrogens with zero attached hydrogens (tertiary/aromatic N) is 2. The molecule has 1 aromatic rings. The van der Waals surface area contributed by atoms with Crippen molar-refractivity contribution in [1.29, 1.82) is 0 Å². The Bertz CT molecular complexity index is 554. The maximum Gasteiger partial charge on any atom is 0.191 e. The average Bonchev–Trinajstić information content (AvgIpc) is 2.60. The molecule has 5 nitrogen and oxygen atoms in total. The minimum Gasteiger partial charge on any atom is -0.493 e. The first-order chi connectivity index (χ1) is 12.0. The fourth-order valence-electron chi connectivity index (χ4n) is 3.43. The zero-order valence-electron chi connectivity index (χ0n) is 16.8. The number of hydrogen-bond donors (Lipinski definition) is 2. The maximum atomic E-state index is 5.73. The van der Waals surface area contributed by atoms with Gasteiger partial charge in [0.15, 0.2) is 5.96 Å². The van der Waals surface area contributed by atoms with Gasteiger partial charge in [-0.1, -0.05) is 18.2 Å². The van der Waals surface area contributed by atoms with Gasteiger partial charge in [0.2, 0.25) is 0 Å². The Morgan fingerprint density at radius 1 is 1.23 bits per heavy atom. The molecule has 2 rings (SSSR count). The number of fused-ring (bicyclic) bond motifs is 1. The molecule has 0 spiro atoms. The van der Waals surface area contributed by atoms with E-state index in [2.05, 4.69) is 60.4 Å². The highest BCUT2D eigenvalue weighted by molar-refractivity contribution is 14.0. The van der Waals surface area contributed by atoms with Crippen LogP contribution in [0.25, 0.3) is 0 Å². The molecule has 0 amide bonds. The molecular formula is C20H35IN4O. The molecule has 148 valence electrons. The molecule has 0 radical (unpaired) electrons. The number of rotatable bonds is 7. The van der Waals surface area contributed by atoms with Gasteiger partial charge < -0.3 is 15.4 Å². The molecule has 1 aromatic carbocycles. The van der Waals surface area contributed by atoms with Crippen LogP contribution in [-0.2, 0) is 0 Å². The van der Waals surface area contributed by atoms with E-state index in [9.17, 15) is 0 Å². The summed E-state index contributed by atoms with van der Waals surface area (Å²) in [6.07, 6.45) is 2.05. The number of halogens is 1. The van der Waals surface area contributed by atoms with Crippen LogP contribution in [0.1, 0.15) is 52.1 Å². The molecule has 2 N–H and O–H groups in total. The van der Waals surface area contributed by atoms with E-state index >= 15 is 0 Å². The average molecular weight is 474 g/mol. The molecule has 26 heavy (non-hydrogen) atoms. The van der Waals surface area contributed by atoms with E-state index in [0.717, 1.165) is 44.2 Å². The Morgan fingerprint density at radius 2 is 1.92 bits per heavy atom. The predicted molar refractivity (Wildman–Crippen MR) is 121 cm³/mol. The smallest absolute Gasteiger partial charge is 0.191 e. The monoisotopic (exact) mass is 474 g/mol. The van der Waals surface area contributed by atoms with Gasteiger partial charge in [-0.05, 0) is 40.2 Å². The third-order valence-corrected chi connectivity index (χ3v) is 4.71. The summed E-state index contributed by atoms with van der Waals surface area (Å²) in [4.78, 5) is 6.90. The normalized spacial score (nSPS) is 16.9. The Balaban J connectivity index is 0.00000338. The summed E-state index contributed by atoms with van der Waals surface area (Å²) < 4.78 is 5.73. The number of ether oxygens (including phenoxy) is 1. The van der Waals surface area contributed by atoms with E-state index in [0.29, 0.717) is 12.1 Å². The van der Waals surface area contributed by atoms with Crippen molar-refractivity contribution in [3.8, 4) is 5.75 Å². The number of hydrogen-bond acceptors (Lipinski definition) is 3. The molecule has 1 aliphatic rings. The van der Waals surface area contributed by atoms with Crippen LogP contribution in [0.2, 0.25) is 0 Å². The van der Waals surface area contributed by atoms with E-state index < -0.39 is 0 Å². The van der Waals surface area contributed by atoms with E-state index in [1.54, 1.807) is 0 Å². The largest absolute Gasteiger partial charge is 0.493 e. The third-order valence-electron chi connectivity index (χ3n) is 4.71. The molecule has 6 heteroatoms. The van der Waals surface area contributed by atoms with Crippen molar-refractivity contribution in [3.05, 3.63) is 29.8 Å². The van der Waals surface area contributed by atoms with Gasteiger partial charge in [0.25, 0.3) is 0 Å². The lowest BCUT2D eigenvalue weighted by molar-refractivity contribution is 0.173. The second-order valence-corrected chi connectivity index (χ2v) is 7.15. The van der Waals surface area contributed by atoms with E-state index in [-0.39, 0.29) is 30.0 Å². The SMILES string of the molecule is CN=C(NCCCN(C(C)C)C(C)C)NC1CCOc2ccccc21.I. The standard InChI is InChI=1S/C20H34N4O.HI/c1-15(2)24(16(3)4)13-8-12-22-20(21-5)23-18-11-14-25-19-10-7-6-9-17(18)19;/h6-7,9-10,15-16,18H,8,11-14H2,1-5H3,(H2,21,22,23);1H. The minimum atomic E-state index is 0. The van der Waals surface area contributed by atoms with Crippen molar-refractivity contribution in [2.24, 2.45) is 4.99 Å². The first kappa shape index (κ1) is 23.0. The lowest BCUT2D eigenvalue weighted by Gasteiger charge is -2.31. The van der Waals surface area contributed by atoms with Gasteiger partial charge in [-0.3, -0.25) is 9.89 Å². The minimum absolute atomic E-state index is 0. The molecule has 0 saturated heterocycles. The molecular weight excluding hydrogens is 439 g/mol. The number of guanidine groups is 1. The van der Waals surface area contributed by atoms with E-state index in [1.165, 1.54) is 5.56 Å². The van der Waals surface area contributed by atoms with Gasteiger partial charge in [-0.25, -0.2) is 0 Å². The Kier molecular flexibility index (Phi) is 10.3. The molecule has 1 atom stereocenters. The highest BCUT2D eigenvalue weighted by Crippen LogP contribution is 2.31. The second kappa shape index (κ2) is 11.6. The van der Waals surface area contributed by atoms with Gasteiger partial charge in [-0.2, -0.15) is 0 Å². The van der Waals surface area contributed by atoms with Crippen molar-refractivity contribution in [1.82, 2.24) is 15.5 Å². The molecule has 1 unspecified atom stereocenters. The quantitative estimate of drug-likeness (QED) is 0.273. The summed E-state index contributed by atoms with van der Waals surface area (Å²) in [5, 5.41) is 6.99. The fraction of sp³-hybridized carbons (Fsp3) is 0.650. The topological polar surface area (TPSA) is 48.9 Å². The van der Waals surface area contributed by atoms with Crippen LogP contribution in [0.5, 0.6) is 5.75 Å². The van der Waals surface area contributed by atoms with Gasteiger partial charge in [0.1, 0.15) is 5.75 Å². The van der Waals surface area contributed by atoms with Crippen LogP contribution in [0.3, 0.4) is 0 Å². The highest BCUT2D eigenvalue weighted by atomic mass is 127. The van der Waals surface area contributed by atoms with Crippen LogP contribution < -0.4 is 15.4 Å². The molecule has 0 fully saturated rings. The van der Waals surface area contributed by atoms with Gasteiger partial charge in [0.05, 0.1) is 12.6 Å². The predicted octanol–water partition coefficient (Wildman–Crippen LogP) is 3.80. The molecule has 0 bridgehead atoms. The van der Waals surface area contributed by atoms with Crippen LogP contribution in [0.4, 0.5) is 0 Å². The number of nitrogens with one attached hydrogen (secondary N) is 2. The fourth-order valence-corrected chi connectivity index (χ4v) is 3.43. The Labute approximate surface area is 176 Å². The first-order valence-electron chi connectivity index (χ1n) is 9.47. The third kappa shape index (κ3) is 6.61. The van der Waals surface area contributed by atoms with Gasteiger partial charge >= 0.3 is 0 Å². The number of aliphatic imine (C=N–C) groups is 1. The maximum absolute atomic E-state index is 5.73. The van der Waals surface area contributed by atoms with Crippen molar-refractivity contribution in [2.45, 2.75) is 58.7 Å². The molecule has 0 saturated carbocycles. The van der Waals surface area contributed by atoms with Gasteiger partial charge in [-0.15, -0.1) is 24.0 Å². The molecule has 1 aliphatic heterocycles. The van der Waals surface area contributed by atoms with Crippen LogP contribution >= 0.6 is 24.0 Å². The summed E-state index contributed by atoms with van der Waals surface area (Å²) in [5.74, 6) is 1.84. The zero-order valence-corrected chi connectivity index (χ0v) is 19.1. The summed E-state index contributed by atoms with van der Waals surface area (Å²) >= 11 is 0. The van der Waals surface area contributed by atoms with Crippen molar-refractivity contribution in [2.75, 3.05) is 26.7 Å². The Hall–Kier alpha value is -1.02. The van der Waals surface area contributed by atoms with Gasteiger partial charge in [0, 0.05) is 44.2 Å². The molecule has 0 aliphatic carbocycles. The van der Waals surface area contributed by atoms with Crippen molar-refractivity contribution >= 4 is 29.9 Å². The van der Waals surface area contributed by atoms with Crippen LogP contribution in [0.15, 0.2) is 29.3 Å². The Morgan fingerprint density at radius 3 is 2.58 bits per heavy atom. The number of benzene rings is 1. The summed E-state index contributed by atoms with van der Waals surface area (Å²) in [7, 11) is 1.83. The number of para-hydroxylation sites is 1. The summed E-state index contributed by atoms with van der Waals surface area (Å²) in [5.41, 5.74) is 1.21. The van der Waals surface area contributed by atoms with Crippen LogP contribution in [0, 0.1) is 0 Å². The van der Waals surface area contributed by atoms with Crippen molar-refractivity contribution < 1.29 is 4.74 Å². The van der Waals surface area contributed by atoms with Crippen LogP contribution in [-0.4, -0.2) is 49.7 Å². The summed E-state index contributed by atoms with van der Waals surface area (Å²) in [6.45, 7) is 11.8. The first-order valence-corrected chi connectivity index (χ1v) is 9.47. The zero-order chi connectivity index (χ0) is 18.2. The summed E-state index contributed by atoms with van der Waals surface area (Å²) in [6, 6.07) is 9.65. The molecule has 0 aromatic heterocycles. The van der Waals surface area contributed by atoms with Crippen molar-refractivity contribution in [3.63, 3.8) is 0 Å². The lowest BCUT2D eigenvalue weighted by atomic mass is 10.0. The van der Waals surface area contributed by atoms with E-state index in [1.807, 2.05) is 19.2 Å². The van der Waals surface area contributed by atoms with E-state index in [4.69, 9.17) is 4.74 Å². The highest BCUT2D eigenvalue weighted by Gasteiger charge is 2.21. The molecule has 1 heterocycles. The lowest BCUT2D eigenvalue weighted by Crippen LogP contribution is -2.43. The second-order valence-electron chi connectivity index (χ2n) is 7.15.